The Kier molecular flexibility index (Phi) is 15.2. The monoisotopic (exact) mass is 735 g/mol. The van der Waals surface area contributed by atoms with Crippen LogP contribution in [0.15, 0.2) is 35.4 Å². The van der Waals surface area contributed by atoms with Crippen molar-refractivity contribution < 1.29 is 0 Å². The van der Waals surface area contributed by atoms with Crippen LogP contribution in [0, 0.1) is 24.7 Å². The van der Waals surface area contributed by atoms with Gasteiger partial charge in [-0.2, -0.15) is 0 Å². The van der Waals surface area contributed by atoms with E-state index in [2.05, 4.69) is 172 Å². The summed E-state index contributed by atoms with van der Waals surface area (Å²) in [6.45, 7) is 42.1. The summed E-state index contributed by atoms with van der Waals surface area (Å²) in [5.74, 6) is 5.78. The Bertz CT molecular complexity index is 1580. The van der Waals surface area contributed by atoms with Crippen LogP contribution in [0.3, 0.4) is 0 Å². The van der Waals surface area contributed by atoms with Gasteiger partial charge < -0.3 is 0 Å². The molecule has 0 spiro atoms. The second-order valence-corrected chi connectivity index (χ2v) is 22.6. The van der Waals surface area contributed by atoms with E-state index in [-0.39, 0.29) is 32.5 Å². The summed E-state index contributed by atoms with van der Waals surface area (Å²) in [5.41, 5.74) is 19.0. The average molecular weight is 735 g/mol. The van der Waals surface area contributed by atoms with Gasteiger partial charge in [-0.15, -0.1) is 24.7 Å². The minimum atomic E-state index is -0.0168. The van der Waals surface area contributed by atoms with Gasteiger partial charge in [-0.1, -0.05) is 160 Å². The zero-order valence-corrected chi connectivity index (χ0v) is 38.4. The highest BCUT2D eigenvalue weighted by atomic mass is 31.1. The summed E-state index contributed by atoms with van der Waals surface area (Å²) in [4.78, 5) is 0. The van der Waals surface area contributed by atoms with Crippen LogP contribution in [-0.2, 0) is 32.5 Å². The van der Waals surface area contributed by atoms with E-state index in [0.717, 1.165) is 54.9 Å². The second-order valence-electron chi connectivity index (χ2n) is 20.9. The van der Waals surface area contributed by atoms with E-state index < -0.39 is 0 Å². The first kappa shape index (κ1) is 45.6. The molecule has 0 aliphatic carbocycles. The Morgan fingerprint density at radius 1 is 0.442 bits per heavy atom. The van der Waals surface area contributed by atoms with Gasteiger partial charge in [0.25, 0.3) is 0 Å². The highest BCUT2D eigenvalue weighted by molar-refractivity contribution is 7.47. The van der Waals surface area contributed by atoms with Gasteiger partial charge in [-0.05, 0) is 108 Å². The molecule has 282 valence electrons. The van der Waals surface area contributed by atoms with E-state index in [9.17, 15) is 0 Å². The topological polar surface area (TPSA) is 0 Å². The number of allylic oxidation sites excluding steroid dienone is 2. The molecule has 0 aliphatic rings. The first-order valence-corrected chi connectivity index (χ1v) is 21.2. The molecule has 2 rings (SSSR count). The Labute approximate surface area is 325 Å². The molecule has 0 amide bonds. The van der Waals surface area contributed by atoms with Crippen molar-refractivity contribution in [2.45, 2.75) is 196 Å². The Morgan fingerprint density at radius 2 is 0.692 bits per heavy atom. The van der Waals surface area contributed by atoms with E-state index in [1.165, 1.54) is 55.1 Å². The molecule has 0 fully saturated rings. The van der Waals surface area contributed by atoms with Crippen LogP contribution in [0.1, 0.15) is 197 Å². The second kappa shape index (κ2) is 17.3. The molecule has 0 unspecified atom stereocenters. The minimum Gasteiger partial charge on any atom is -0.120 e. The molecule has 0 aromatic heterocycles. The zero-order chi connectivity index (χ0) is 40.1. The summed E-state index contributed by atoms with van der Waals surface area (Å²) in [7, 11) is 2.20. The number of benzene rings is 2. The van der Waals surface area contributed by atoms with E-state index >= 15 is 0 Å². The van der Waals surface area contributed by atoms with Crippen molar-refractivity contribution in [3.8, 4) is 24.7 Å². The first-order chi connectivity index (χ1) is 23.5. The standard InChI is InChI=1S/C50H72P2/c1-21-23-25-27-35(33-51-43-39(47(9,10)11)29-37(45(3,4)5)30-40(43)48(12,13)14)36(28-26-24-22-2)34-52-44-41(49(15,16)17)31-38(46(6,7)8)32-42(44)50(18,19)20/h1-2,29-32H,23-28H2,3-20H3. The van der Waals surface area contributed by atoms with Gasteiger partial charge in [0.05, 0.1) is 0 Å². The fraction of sp³-hybridized carbons (Fsp3) is 0.600. The fourth-order valence-electron chi connectivity index (χ4n) is 6.19. The molecule has 0 saturated carbocycles. The number of rotatable bonds is 9. The quantitative estimate of drug-likeness (QED) is 0.104. The van der Waals surface area contributed by atoms with E-state index in [1.807, 2.05) is 0 Å². The van der Waals surface area contributed by atoms with Gasteiger partial charge in [0.1, 0.15) is 0 Å². The summed E-state index contributed by atoms with van der Waals surface area (Å²) < 4.78 is 0. The maximum atomic E-state index is 5.80. The maximum Gasteiger partial charge on any atom is 0.0171 e. The first-order valence-electron chi connectivity index (χ1n) is 19.4. The zero-order valence-electron chi connectivity index (χ0n) is 36.6. The molecular weight excluding hydrogens is 662 g/mol. The van der Waals surface area contributed by atoms with E-state index in [1.54, 1.807) is 0 Å². The number of terminal acetylenes is 2. The molecule has 2 heteroatoms. The number of hydrogen-bond acceptors (Lipinski definition) is 0. The lowest BCUT2D eigenvalue weighted by atomic mass is 9.75. The predicted octanol–water partition coefficient (Wildman–Crippen LogP) is 13.6. The average Bonchev–Trinajstić information content (AvgIpc) is 2.97. The lowest BCUT2D eigenvalue weighted by Gasteiger charge is -2.32. The third-order valence-electron chi connectivity index (χ3n) is 9.65. The lowest BCUT2D eigenvalue weighted by Crippen LogP contribution is -2.29. The molecule has 2 aromatic carbocycles. The number of hydrogen-bond donors (Lipinski definition) is 0. The van der Waals surface area contributed by atoms with Crippen LogP contribution in [-0.4, -0.2) is 10.9 Å². The third-order valence-corrected chi connectivity index (χ3v) is 11.8. The van der Waals surface area contributed by atoms with Crippen molar-refractivity contribution in [1.82, 2.24) is 0 Å². The van der Waals surface area contributed by atoms with Crippen LogP contribution in [0.5, 0.6) is 0 Å². The van der Waals surface area contributed by atoms with Crippen LogP contribution < -0.4 is 10.6 Å². The summed E-state index contributed by atoms with van der Waals surface area (Å²) in [6, 6.07) is 9.87. The Balaban J connectivity index is 3.22. The van der Waals surface area contributed by atoms with Crippen molar-refractivity contribution in [2.24, 2.45) is 0 Å². The molecule has 0 saturated heterocycles. The van der Waals surface area contributed by atoms with Gasteiger partial charge >= 0.3 is 0 Å². The van der Waals surface area contributed by atoms with Crippen LogP contribution in [0.4, 0.5) is 0 Å². The Hall–Kier alpha value is -2.54. The van der Waals surface area contributed by atoms with Gasteiger partial charge in [-0.3, -0.25) is 0 Å². The fourth-order valence-corrected chi connectivity index (χ4v) is 9.26. The van der Waals surface area contributed by atoms with Crippen LogP contribution in [0.25, 0.3) is 0 Å². The predicted molar refractivity (Wildman–Crippen MR) is 241 cm³/mol. The highest BCUT2D eigenvalue weighted by Crippen LogP contribution is 2.37. The van der Waals surface area contributed by atoms with Gasteiger partial charge in [0, 0.05) is 34.6 Å². The molecule has 0 radical (unpaired) electrons. The van der Waals surface area contributed by atoms with Crippen molar-refractivity contribution in [3.63, 3.8) is 0 Å². The van der Waals surface area contributed by atoms with Crippen molar-refractivity contribution in [2.75, 3.05) is 0 Å². The van der Waals surface area contributed by atoms with Crippen LogP contribution in [0.2, 0.25) is 0 Å². The Morgan fingerprint density at radius 3 is 0.885 bits per heavy atom. The smallest absolute Gasteiger partial charge is 0.0171 e. The van der Waals surface area contributed by atoms with Gasteiger partial charge in [0.15, 0.2) is 0 Å². The molecule has 0 nitrogen and oxygen atoms in total. The molecule has 0 heterocycles. The van der Waals surface area contributed by atoms with Crippen molar-refractivity contribution in [1.29, 1.82) is 0 Å². The molecule has 0 atom stereocenters. The van der Waals surface area contributed by atoms with Crippen molar-refractivity contribution in [3.05, 3.63) is 68.8 Å². The van der Waals surface area contributed by atoms with Gasteiger partial charge in [0.2, 0.25) is 0 Å². The van der Waals surface area contributed by atoms with Crippen LogP contribution >= 0.6 is 16.4 Å². The molecule has 0 N–H and O–H groups in total. The largest absolute Gasteiger partial charge is 0.120 e. The van der Waals surface area contributed by atoms with Gasteiger partial charge in [-0.25, -0.2) is 0 Å². The highest BCUT2D eigenvalue weighted by Gasteiger charge is 2.30. The summed E-state index contributed by atoms with van der Waals surface area (Å²) >= 11 is 0. The molecule has 52 heavy (non-hydrogen) atoms. The van der Waals surface area contributed by atoms with E-state index in [0.29, 0.717) is 0 Å². The van der Waals surface area contributed by atoms with E-state index in [4.69, 9.17) is 12.8 Å². The minimum absolute atomic E-state index is 0.0168. The molecule has 2 aromatic rings. The molecule has 0 bridgehead atoms. The normalized spacial score (nSPS) is 13.0. The maximum absolute atomic E-state index is 5.80. The molecule has 0 aliphatic heterocycles. The summed E-state index contributed by atoms with van der Waals surface area (Å²) in [6.07, 6.45) is 16.7. The SMILES string of the molecule is C#CCCCC(=C=Pc1c(C(C)(C)C)cc(C(C)(C)C)cc1C(C)(C)C)C(=C=Pc1c(C(C)(C)C)cc(C(C)(C)C)cc1C(C)(C)C)CCCC#C. The third kappa shape index (κ3) is 12.8. The lowest BCUT2D eigenvalue weighted by molar-refractivity contribution is 0.553. The summed E-state index contributed by atoms with van der Waals surface area (Å²) in [5, 5.41) is 2.76. The molecular formula is C50H72P2. The van der Waals surface area contributed by atoms with Crippen molar-refractivity contribution >= 4 is 37.9 Å². The number of unbranched alkanes of at least 4 members (excludes halogenated alkanes) is 2.